The van der Waals surface area contributed by atoms with Crippen LogP contribution in [0.2, 0.25) is 0 Å². The van der Waals surface area contributed by atoms with E-state index in [1.54, 1.807) is 6.20 Å². The zero-order chi connectivity index (χ0) is 10.8. The Morgan fingerprint density at radius 3 is 2.64 bits per heavy atom. The fourth-order valence-corrected chi connectivity index (χ4v) is 2.33. The van der Waals surface area contributed by atoms with E-state index < -0.39 is 5.97 Å². The van der Waals surface area contributed by atoms with E-state index in [1.165, 1.54) is 11.3 Å². The first-order valence-electron chi connectivity index (χ1n) is 4.52. The third-order valence-corrected chi connectivity index (χ3v) is 3.06. The molecule has 0 aliphatic carbocycles. The Balaban J connectivity index is 2.89. The van der Waals surface area contributed by atoms with Gasteiger partial charge in [0.1, 0.15) is 0 Å². The normalized spacial score (nSPS) is 13.9. The molecule has 1 aromatic heterocycles. The lowest BCUT2D eigenvalue weighted by Crippen LogP contribution is -2.21. The second-order valence-corrected chi connectivity index (χ2v) is 5.31. The van der Waals surface area contributed by atoms with Crippen molar-refractivity contribution in [3.05, 3.63) is 16.6 Å². The van der Waals surface area contributed by atoms with Crippen LogP contribution in [-0.2, 0) is 4.79 Å². The van der Waals surface area contributed by atoms with Crippen LogP contribution >= 0.6 is 11.3 Å². The standard InChI is InChI=1S/C10H15NO2S/c1-10(2,3)7(6-8(12)13)9-11-4-5-14-9/h4-5,7H,6H2,1-3H3,(H,12,13). The number of carbonyl (C=O) groups is 1. The first kappa shape index (κ1) is 11.2. The third kappa shape index (κ3) is 2.80. The minimum Gasteiger partial charge on any atom is -0.481 e. The summed E-state index contributed by atoms with van der Waals surface area (Å²) in [6, 6.07) is 0. The summed E-state index contributed by atoms with van der Waals surface area (Å²) in [5.74, 6) is -0.764. The number of hydrogen-bond donors (Lipinski definition) is 1. The average molecular weight is 213 g/mol. The Morgan fingerprint density at radius 2 is 2.29 bits per heavy atom. The highest BCUT2D eigenvalue weighted by Gasteiger charge is 2.30. The van der Waals surface area contributed by atoms with Gasteiger partial charge in [-0.05, 0) is 5.41 Å². The number of hydrogen-bond acceptors (Lipinski definition) is 3. The Morgan fingerprint density at radius 1 is 1.64 bits per heavy atom. The highest BCUT2D eigenvalue weighted by molar-refractivity contribution is 7.09. The molecule has 0 aliphatic heterocycles. The largest absolute Gasteiger partial charge is 0.481 e. The number of thiazole rings is 1. The zero-order valence-corrected chi connectivity index (χ0v) is 9.47. The molecule has 1 unspecified atom stereocenters. The van der Waals surface area contributed by atoms with Crippen LogP contribution in [0.25, 0.3) is 0 Å². The molecule has 1 atom stereocenters. The summed E-state index contributed by atoms with van der Waals surface area (Å²) in [4.78, 5) is 14.9. The number of aromatic nitrogens is 1. The van der Waals surface area contributed by atoms with Crippen LogP contribution in [0.4, 0.5) is 0 Å². The van der Waals surface area contributed by atoms with Gasteiger partial charge in [-0.15, -0.1) is 11.3 Å². The number of rotatable bonds is 3. The lowest BCUT2D eigenvalue weighted by molar-refractivity contribution is -0.138. The van der Waals surface area contributed by atoms with Crippen LogP contribution in [0, 0.1) is 5.41 Å². The number of aliphatic carboxylic acids is 1. The molecular formula is C10H15NO2S. The smallest absolute Gasteiger partial charge is 0.304 e. The molecule has 0 amide bonds. The summed E-state index contributed by atoms with van der Waals surface area (Å²) >= 11 is 1.53. The summed E-state index contributed by atoms with van der Waals surface area (Å²) in [7, 11) is 0. The third-order valence-electron chi connectivity index (χ3n) is 2.17. The van der Waals surface area contributed by atoms with Gasteiger partial charge < -0.3 is 5.11 Å². The van der Waals surface area contributed by atoms with Crippen LogP contribution in [0.3, 0.4) is 0 Å². The molecule has 78 valence electrons. The second kappa shape index (κ2) is 4.09. The van der Waals surface area contributed by atoms with E-state index in [0.717, 1.165) is 5.01 Å². The Bertz CT molecular complexity index is 300. The lowest BCUT2D eigenvalue weighted by atomic mass is 9.79. The highest BCUT2D eigenvalue weighted by Crippen LogP contribution is 2.38. The summed E-state index contributed by atoms with van der Waals surface area (Å²) in [6.45, 7) is 6.13. The molecule has 0 saturated heterocycles. The van der Waals surface area contributed by atoms with Crippen molar-refractivity contribution in [2.45, 2.75) is 33.1 Å². The summed E-state index contributed by atoms with van der Waals surface area (Å²) in [5, 5.41) is 11.6. The molecule has 0 saturated carbocycles. The van der Waals surface area contributed by atoms with Gasteiger partial charge in [-0.2, -0.15) is 0 Å². The fraction of sp³-hybridized carbons (Fsp3) is 0.600. The van der Waals surface area contributed by atoms with Crippen molar-refractivity contribution in [3.8, 4) is 0 Å². The Labute approximate surface area is 87.8 Å². The molecule has 0 aromatic carbocycles. The van der Waals surface area contributed by atoms with E-state index >= 15 is 0 Å². The monoisotopic (exact) mass is 213 g/mol. The van der Waals surface area contributed by atoms with Crippen LogP contribution in [0.1, 0.15) is 38.1 Å². The highest BCUT2D eigenvalue weighted by atomic mass is 32.1. The van der Waals surface area contributed by atoms with Gasteiger partial charge in [-0.25, -0.2) is 4.98 Å². The van der Waals surface area contributed by atoms with Crippen LogP contribution in [0.5, 0.6) is 0 Å². The molecule has 4 heteroatoms. The van der Waals surface area contributed by atoms with E-state index in [4.69, 9.17) is 5.11 Å². The van der Waals surface area contributed by atoms with Crippen molar-refractivity contribution in [2.24, 2.45) is 5.41 Å². The molecule has 0 bridgehead atoms. The van der Waals surface area contributed by atoms with Gasteiger partial charge in [0.15, 0.2) is 0 Å². The van der Waals surface area contributed by atoms with E-state index in [0.29, 0.717) is 0 Å². The topological polar surface area (TPSA) is 50.2 Å². The van der Waals surface area contributed by atoms with Gasteiger partial charge >= 0.3 is 5.97 Å². The summed E-state index contributed by atoms with van der Waals surface area (Å²) in [6.07, 6.45) is 1.87. The predicted molar refractivity (Wildman–Crippen MR) is 56.6 cm³/mol. The minimum absolute atomic E-state index is 0.000000000000000444. The number of carboxylic acid groups (broad SMARTS) is 1. The van der Waals surface area contributed by atoms with E-state index in [2.05, 4.69) is 4.98 Å². The first-order valence-corrected chi connectivity index (χ1v) is 5.40. The quantitative estimate of drug-likeness (QED) is 0.840. The van der Waals surface area contributed by atoms with Crippen molar-refractivity contribution in [1.29, 1.82) is 0 Å². The van der Waals surface area contributed by atoms with Gasteiger partial charge in [0.2, 0.25) is 0 Å². The Hall–Kier alpha value is -0.900. The van der Waals surface area contributed by atoms with Crippen molar-refractivity contribution >= 4 is 17.3 Å². The van der Waals surface area contributed by atoms with Crippen molar-refractivity contribution in [3.63, 3.8) is 0 Å². The minimum atomic E-state index is -0.764. The molecule has 3 nitrogen and oxygen atoms in total. The van der Waals surface area contributed by atoms with Gasteiger partial charge in [0.05, 0.1) is 11.4 Å². The maximum Gasteiger partial charge on any atom is 0.304 e. The van der Waals surface area contributed by atoms with Crippen LogP contribution in [-0.4, -0.2) is 16.1 Å². The SMILES string of the molecule is CC(C)(C)C(CC(=O)O)c1nccs1. The molecule has 1 heterocycles. The molecule has 14 heavy (non-hydrogen) atoms. The molecule has 1 rings (SSSR count). The molecule has 0 radical (unpaired) electrons. The van der Waals surface area contributed by atoms with Gasteiger partial charge in [-0.3, -0.25) is 4.79 Å². The fourth-order valence-electron chi connectivity index (χ4n) is 1.35. The number of nitrogens with zero attached hydrogens (tertiary/aromatic N) is 1. The molecule has 0 fully saturated rings. The Kier molecular flexibility index (Phi) is 3.26. The summed E-state index contributed by atoms with van der Waals surface area (Å²) < 4.78 is 0. The molecular weight excluding hydrogens is 198 g/mol. The average Bonchev–Trinajstić information content (AvgIpc) is 2.49. The molecule has 1 aromatic rings. The van der Waals surface area contributed by atoms with Gasteiger partial charge in [0.25, 0.3) is 0 Å². The van der Waals surface area contributed by atoms with Crippen molar-refractivity contribution < 1.29 is 9.90 Å². The molecule has 0 spiro atoms. The zero-order valence-electron chi connectivity index (χ0n) is 8.65. The van der Waals surface area contributed by atoms with E-state index in [-0.39, 0.29) is 17.8 Å². The second-order valence-electron chi connectivity index (χ2n) is 4.39. The van der Waals surface area contributed by atoms with Crippen molar-refractivity contribution in [2.75, 3.05) is 0 Å². The van der Waals surface area contributed by atoms with Crippen molar-refractivity contribution in [1.82, 2.24) is 4.98 Å². The van der Waals surface area contributed by atoms with Gasteiger partial charge in [-0.1, -0.05) is 20.8 Å². The lowest BCUT2D eigenvalue weighted by Gasteiger charge is -2.27. The van der Waals surface area contributed by atoms with Gasteiger partial charge in [0, 0.05) is 17.5 Å². The van der Waals surface area contributed by atoms with Crippen LogP contribution < -0.4 is 0 Å². The predicted octanol–water partition coefficient (Wildman–Crippen LogP) is 2.75. The van der Waals surface area contributed by atoms with Crippen LogP contribution in [0.15, 0.2) is 11.6 Å². The summed E-state index contributed by atoms with van der Waals surface area (Å²) in [5.41, 5.74) is -0.0593. The maximum atomic E-state index is 10.7. The van der Waals surface area contributed by atoms with E-state index in [1.807, 2.05) is 26.2 Å². The molecule has 1 N–H and O–H groups in total. The van der Waals surface area contributed by atoms with E-state index in [9.17, 15) is 4.79 Å². The molecule has 0 aliphatic rings. The maximum absolute atomic E-state index is 10.7. The first-order chi connectivity index (χ1) is 6.41. The number of carboxylic acids is 1.